The Morgan fingerprint density at radius 1 is 1.03 bits per heavy atom. The van der Waals surface area contributed by atoms with E-state index in [0.717, 1.165) is 12.1 Å². The molecule has 0 aliphatic heterocycles. The molecular formula is C19H18F3N7O2. The van der Waals surface area contributed by atoms with Crippen LogP contribution < -0.4 is 20.8 Å². The summed E-state index contributed by atoms with van der Waals surface area (Å²) in [6.45, 7) is 0. The van der Waals surface area contributed by atoms with Crippen LogP contribution in [0.3, 0.4) is 0 Å². The van der Waals surface area contributed by atoms with Gasteiger partial charge in [0.2, 0.25) is 17.8 Å². The van der Waals surface area contributed by atoms with E-state index < -0.39 is 11.7 Å². The number of nitrogens with zero attached hydrogens (tertiary/aromatic N) is 4. The second kappa shape index (κ2) is 9.15. The second-order valence-electron chi connectivity index (χ2n) is 6.06. The molecule has 31 heavy (non-hydrogen) atoms. The average molecular weight is 433 g/mol. The third kappa shape index (κ3) is 5.72. The molecule has 1 heterocycles. The van der Waals surface area contributed by atoms with Crippen LogP contribution in [-0.2, 0) is 6.18 Å². The Morgan fingerprint density at radius 3 is 2.48 bits per heavy atom. The maximum Gasteiger partial charge on any atom is 0.416 e. The van der Waals surface area contributed by atoms with Crippen LogP contribution in [0, 0.1) is 0 Å². The number of aromatic hydroxyl groups is 1. The Labute approximate surface area is 175 Å². The van der Waals surface area contributed by atoms with Gasteiger partial charge in [-0.05, 0) is 42.0 Å². The molecule has 0 bridgehead atoms. The van der Waals surface area contributed by atoms with Gasteiger partial charge in [-0.15, -0.1) is 0 Å². The Kier molecular flexibility index (Phi) is 6.38. The first-order valence-electron chi connectivity index (χ1n) is 8.82. The van der Waals surface area contributed by atoms with E-state index in [1.54, 1.807) is 19.2 Å². The molecule has 0 aliphatic rings. The van der Waals surface area contributed by atoms with E-state index in [-0.39, 0.29) is 35.0 Å². The quantitative estimate of drug-likeness (QED) is 0.328. The number of hydrogen-bond donors (Lipinski definition) is 4. The summed E-state index contributed by atoms with van der Waals surface area (Å²) < 4.78 is 43.8. The summed E-state index contributed by atoms with van der Waals surface area (Å²) in [5, 5.41) is 19.1. The highest BCUT2D eigenvalue weighted by Gasteiger charge is 2.30. The minimum absolute atomic E-state index is 0.00551. The van der Waals surface area contributed by atoms with Gasteiger partial charge in [-0.3, -0.25) is 0 Å². The molecule has 3 aromatic rings. The number of aromatic nitrogens is 3. The topological polar surface area (TPSA) is 117 Å². The number of hydrogen-bond acceptors (Lipinski definition) is 9. The third-order valence-electron chi connectivity index (χ3n) is 3.89. The van der Waals surface area contributed by atoms with Gasteiger partial charge in [-0.1, -0.05) is 6.07 Å². The fourth-order valence-electron chi connectivity index (χ4n) is 2.44. The number of ether oxygens (including phenoxy) is 1. The molecule has 9 nitrogen and oxygen atoms in total. The number of rotatable bonds is 7. The Hall–Kier alpha value is -4.09. The summed E-state index contributed by atoms with van der Waals surface area (Å²) in [5.74, 6) is 0.523. The molecule has 12 heteroatoms. The van der Waals surface area contributed by atoms with Gasteiger partial charge in [-0.2, -0.15) is 33.2 Å². The zero-order valence-corrected chi connectivity index (χ0v) is 16.4. The summed E-state index contributed by atoms with van der Waals surface area (Å²) >= 11 is 0. The molecule has 0 fully saturated rings. The second-order valence-corrected chi connectivity index (χ2v) is 6.06. The molecule has 0 saturated heterocycles. The van der Waals surface area contributed by atoms with Gasteiger partial charge in [0.25, 0.3) is 0 Å². The lowest BCUT2D eigenvalue weighted by Gasteiger charge is -2.11. The average Bonchev–Trinajstić information content (AvgIpc) is 2.74. The number of phenols is 1. The van der Waals surface area contributed by atoms with E-state index in [0.29, 0.717) is 5.56 Å². The number of benzene rings is 2. The number of phenolic OH excluding ortho intramolecular Hbond substituents is 1. The molecule has 1 aromatic heterocycles. The van der Waals surface area contributed by atoms with Crippen molar-refractivity contribution in [1.29, 1.82) is 0 Å². The predicted octanol–water partition coefficient (Wildman–Crippen LogP) is 3.84. The fraction of sp³-hybridized carbons (Fsp3) is 0.158. The maximum absolute atomic E-state index is 12.9. The van der Waals surface area contributed by atoms with Crippen LogP contribution in [0.1, 0.15) is 11.1 Å². The minimum atomic E-state index is -4.47. The Bertz CT molecular complexity index is 1090. The summed E-state index contributed by atoms with van der Waals surface area (Å²) in [6.07, 6.45) is -3.02. The molecule has 0 atom stereocenters. The fourth-order valence-corrected chi connectivity index (χ4v) is 2.44. The molecule has 3 rings (SSSR count). The van der Waals surface area contributed by atoms with Crippen molar-refractivity contribution >= 4 is 29.7 Å². The number of methoxy groups -OCH3 is 1. The van der Waals surface area contributed by atoms with Crippen molar-refractivity contribution in [2.75, 3.05) is 30.2 Å². The monoisotopic (exact) mass is 433 g/mol. The van der Waals surface area contributed by atoms with Crippen molar-refractivity contribution in [3.8, 4) is 11.5 Å². The van der Waals surface area contributed by atoms with Gasteiger partial charge >= 0.3 is 6.18 Å². The van der Waals surface area contributed by atoms with Crippen molar-refractivity contribution in [3.63, 3.8) is 0 Å². The molecule has 0 radical (unpaired) electrons. The van der Waals surface area contributed by atoms with Crippen LogP contribution in [0.15, 0.2) is 47.6 Å². The molecule has 2 aromatic carbocycles. The first-order valence-corrected chi connectivity index (χ1v) is 8.82. The minimum Gasteiger partial charge on any atom is -0.504 e. The van der Waals surface area contributed by atoms with E-state index in [1.807, 2.05) is 0 Å². The number of alkyl halides is 3. The smallest absolute Gasteiger partial charge is 0.416 e. The highest BCUT2D eigenvalue weighted by Crippen LogP contribution is 2.31. The zero-order valence-electron chi connectivity index (χ0n) is 16.4. The highest BCUT2D eigenvalue weighted by molar-refractivity contribution is 5.81. The van der Waals surface area contributed by atoms with Gasteiger partial charge in [0.05, 0.1) is 18.9 Å². The van der Waals surface area contributed by atoms with Crippen LogP contribution in [0.4, 0.5) is 36.7 Å². The van der Waals surface area contributed by atoms with Crippen molar-refractivity contribution in [2.45, 2.75) is 6.18 Å². The van der Waals surface area contributed by atoms with Crippen LogP contribution in [0.25, 0.3) is 0 Å². The lowest BCUT2D eigenvalue weighted by molar-refractivity contribution is -0.137. The van der Waals surface area contributed by atoms with Gasteiger partial charge in [0.15, 0.2) is 11.5 Å². The Morgan fingerprint density at radius 2 is 1.77 bits per heavy atom. The van der Waals surface area contributed by atoms with Crippen LogP contribution in [-0.4, -0.2) is 40.4 Å². The highest BCUT2D eigenvalue weighted by atomic mass is 19.4. The van der Waals surface area contributed by atoms with E-state index in [9.17, 15) is 18.3 Å². The van der Waals surface area contributed by atoms with Crippen molar-refractivity contribution in [3.05, 3.63) is 53.6 Å². The first kappa shape index (κ1) is 21.6. The zero-order chi connectivity index (χ0) is 22.4. The number of halogens is 3. The van der Waals surface area contributed by atoms with E-state index in [1.165, 1.54) is 31.5 Å². The van der Waals surface area contributed by atoms with Gasteiger partial charge in [-0.25, -0.2) is 5.43 Å². The molecule has 4 N–H and O–H groups in total. The van der Waals surface area contributed by atoms with Gasteiger partial charge in [0, 0.05) is 12.7 Å². The summed E-state index contributed by atoms with van der Waals surface area (Å²) in [4.78, 5) is 12.3. The van der Waals surface area contributed by atoms with Gasteiger partial charge in [0.1, 0.15) is 0 Å². The number of anilines is 4. The first-order chi connectivity index (χ1) is 14.8. The van der Waals surface area contributed by atoms with Crippen molar-refractivity contribution < 1.29 is 23.0 Å². The van der Waals surface area contributed by atoms with Crippen LogP contribution in [0.5, 0.6) is 11.5 Å². The van der Waals surface area contributed by atoms with Crippen LogP contribution >= 0.6 is 0 Å². The van der Waals surface area contributed by atoms with Crippen molar-refractivity contribution in [2.24, 2.45) is 5.10 Å². The maximum atomic E-state index is 12.9. The lowest BCUT2D eigenvalue weighted by atomic mass is 10.2. The van der Waals surface area contributed by atoms with Crippen LogP contribution in [0.2, 0.25) is 0 Å². The summed E-state index contributed by atoms with van der Waals surface area (Å²) in [6, 6.07) is 9.31. The number of nitrogens with one attached hydrogen (secondary N) is 3. The SMILES string of the molecule is CNc1nc(N/N=C/c2ccc(O)c(OC)c2)nc(Nc2cccc(C(F)(F)F)c2)n1. The van der Waals surface area contributed by atoms with E-state index >= 15 is 0 Å². The van der Waals surface area contributed by atoms with Crippen molar-refractivity contribution in [1.82, 2.24) is 15.0 Å². The van der Waals surface area contributed by atoms with E-state index in [2.05, 4.69) is 36.1 Å². The predicted molar refractivity (Wildman–Crippen MR) is 110 cm³/mol. The molecule has 162 valence electrons. The molecule has 0 amide bonds. The number of hydrazone groups is 1. The lowest BCUT2D eigenvalue weighted by Crippen LogP contribution is -2.08. The molecular weight excluding hydrogens is 415 g/mol. The summed E-state index contributed by atoms with van der Waals surface area (Å²) in [5.41, 5.74) is 2.62. The summed E-state index contributed by atoms with van der Waals surface area (Å²) in [7, 11) is 3.01. The molecule has 0 aliphatic carbocycles. The molecule has 0 unspecified atom stereocenters. The standard InChI is InChI=1S/C19H18F3N7O2/c1-23-16-26-17(25-13-5-3-4-12(9-13)19(20,21)22)28-18(27-16)29-24-10-11-6-7-14(30)15(8-11)31-2/h3-10,30H,1-2H3,(H3,23,25,26,27,28,29)/b24-10+. The molecule has 0 spiro atoms. The Balaban J connectivity index is 1.78. The van der Waals surface area contributed by atoms with E-state index in [4.69, 9.17) is 4.74 Å². The normalized spacial score (nSPS) is 11.4. The van der Waals surface area contributed by atoms with Gasteiger partial charge < -0.3 is 20.5 Å². The third-order valence-corrected chi connectivity index (χ3v) is 3.89. The molecule has 0 saturated carbocycles. The largest absolute Gasteiger partial charge is 0.504 e.